The average Bonchev–Trinajstić information content (AvgIpc) is 3.66. The van der Waals surface area contributed by atoms with Crippen LogP contribution in [0.25, 0.3) is 70.3 Å². The molecule has 0 N–H and O–H groups in total. The lowest BCUT2D eigenvalue weighted by molar-refractivity contribution is -0.659. The van der Waals surface area contributed by atoms with Crippen LogP contribution in [-0.4, -0.2) is 4.57 Å². The number of thiophene rings is 1. The number of aromatic nitrogens is 2. The van der Waals surface area contributed by atoms with Gasteiger partial charge in [-0.3, -0.25) is 0 Å². The van der Waals surface area contributed by atoms with Crippen LogP contribution in [-0.2, 0) is 7.05 Å². The predicted molar refractivity (Wildman–Crippen MR) is 163 cm³/mol. The van der Waals surface area contributed by atoms with Gasteiger partial charge in [0.1, 0.15) is 35.0 Å². The number of nitrogens with zero attached hydrogens (tertiary/aromatic N) is 2. The molecule has 3 aromatic heterocycles. The van der Waals surface area contributed by atoms with Crippen LogP contribution in [0.2, 0.25) is 0 Å². The summed E-state index contributed by atoms with van der Waals surface area (Å²) in [6.07, 6.45) is 4.12. The number of benzene rings is 5. The Labute approximate surface area is 234 Å². The van der Waals surface area contributed by atoms with E-state index in [1.165, 1.54) is 15.5 Å². The van der Waals surface area contributed by atoms with E-state index < -0.39 is 0 Å². The number of fused-ring (bicyclic) bond motifs is 6. The maximum absolute atomic E-state index is 15.7. The molecule has 5 heteroatoms. The fourth-order valence-electron chi connectivity index (χ4n) is 5.98. The zero-order chi connectivity index (χ0) is 27.0. The molecule has 0 amide bonds. The average molecular weight is 540 g/mol. The fraction of sp³-hybridized carbons (Fsp3) is 0.0571. The number of hydrogen-bond donors (Lipinski definition) is 0. The van der Waals surface area contributed by atoms with Gasteiger partial charge in [-0.1, -0.05) is 60.7 Å². The van der Waals surface area contributed by atoms with Crippen LogP contribution in [0.5, 0.6) is 0 Å². The van der Waals surface area contributed by atoms with Gasteiger partial charge in [-0.15, -0.1) is 11.3 Å². The third-order valence-corrected chi connectivity index (χ3v) is 9.03. The molecule has 0 radical (unpaired) electrons. The first-order chi connectivity index (χ1) is 19.6. The van der Waals surface area contributed by atoms with Gasteiger partial charge in [0.15, 0.2) is 5.58 Å². The zero-order valence-corrected chi connectivity index (χ0v) is 22.8. The number of furan rings is 1. The number of hydrogen-bond acceptors (Lipinski definition) is 2. The lowest BCUT2D eigenvalue weighted by Gasteiger charge is -2.07. The molecule has 0 fully saturated rings. The molecule has 0 bridgehead atoms. The van der Waals surface area contributed by atoms with Gasteiger partial charge >= 0.3 is 0 Å². The second kappa shape index (κ2) is 8.63. The molecule has 3 heterocycles. The van der Waals surface area contributed by atoms with E-state index in [0.717, 1.165) is 49.3 Å². The minimum absolute atomic E-state index is 0.288. The summed E-state index contributed by atoms with van der Waals surface area (Å²) in [5, 5.41) is 4.30. The summed E-state index contributed by atoms with van der Waals surface area (Å²) >= 11 is 1.73. The van der Waals surface area contributed by atoms with E-state index in [1.54, 1.807) is 17.4 Å². The van der Waals surface area contributed by atoms with Crippen molar-refractivity contribution in [2.45, 2.75) is 6.92 Å². The smallest absolute Gasteiger partial charge is 0.297 e. The maximum Gasteiger partial charge on any atom is 0.297 e. The summed E-state index contributed by atoms with van der Waals surface area (Å²) in [5.74, 6) is 0.713. The summed E-state index contributed by atoms with van der Waals surface area (Å²) < 4.78 is 29.0. The molecule has 0 aliphatic carbocycles. The van der Waals surface area contributed by atoms with Gasteiger partial charge in [0.05, 0.1) is 12.6 Å². The molecule has 8 rings (SSSR count). The van der Waals surface area contributed by atoms with Crippen LogP contribution in [0.15, 0.2) is 114 Å². The van der Waals surface area contributed by atoms with Crippen LogP contribution in [0.4, 0.5) is 4.39 Å². The minimum Gasteiger partial charge on any atom is -0.454 e. The van der Waals surface area contributed by atoms with Crippen molar-refractivity contribution < 1.29 is 13.4 Å². The van der Waals surface area contributed by atoms with E-state index in [0.29, 0.717) is 11.1 Å². The molecule has 3 nitrogen and oxygen atoms in total. The SMILES string of the molecule is Cc1ccc2c(oc3c(-c4ccc5c(c4)sc4ccccc45)c(F)ccc32)c1-c1n(-c2ccccc2)cc[n+]1C. The van der Waals surface area contributed by atoms with Gasteiger partial charge in [0.2, 0.25) is 0 Å². The van der Waals surface area contributed by atoms with E-state index in [1.807, 2.05) is 37.4 Å². The van der Waals surface area contributed by atoms with Crippen molar-refractivity contribution in [2.24, 2.45) is 7.05 Å². The molecule has 5 aromatic carbocycles. The molecule has 0 aliphatic heterocycles. The number of para-hydroxylation sites is 1. The van der Waals surface area contributed by atoms with E-state index in [4.69, 9.17) is 4.42 Å². The Hall–Kier alpha value is -4.74. The van der Waals surface area contributed by atoms with Crippen molar-refractivity contribution >= 4 is 53.4 Å². The first-order valence-corrected chi connectivity index (χ1v) is 14.1. The molecule has 192 valence electrons. The number of aryl methyl sites for hydroxylation is 2. The number of imidazole rings is 1. The van der Waals surface area contributed by atoms with Gasteiger partial charge in [-0.25, -0.2) is 8.96 Å². The maximum atomic E-state index is 15.7. The Kier molecular flexibility index (Phi) is 5.00. The topological polar surface area (TPSA) is 21.9 Å². The molecule has 0 unspecified atom stereocenters. The lowest BCUT2D eigenvalue weighted by Crippen LogP contribution is -2.29. The highest BCUT2D eigenvalue weighted by Gasteiger charge is 2.27. The van der Waals surface area contributed by atoms with E-state index >= 15 is 4.39 Å². The fourth-order valence-corrected chi connectivity index (χ4v) is 7.12. The normalized spacial score (nSPS) is 11.9. The van der Waals surface area contributed by atoms with Gasteiger partial charge in [-0.2, -0.15) is 4.57 Å². The molecular formula is C35H24FN2OS+. The van der Waals surface area contributed by atoms with Crippen molar-refractivity contribution in [1.82, 2.24) is 4.57 Å². The Morgan fingerprint density at radius 2 is 1.43 bits per heavy atom. The summed E-state index contributed by atoms with van der Waals surface area (Å²) in [6.45, 7) is 2.10. The third kappa shape index (κ3) is 3.31. The van der Waals surface area contributed by atoms with Gasteiger partial charge in [-0.05, 0) is 54.4 Å². The largest absolute Gasteiger partial charge is 0.454 e. The highest BCUT2D eigenvalue weighted by atomic mass is 32.1. The van der Waals surface area contributed by atoms with Gasteiger partial charge < -0.3 is 4.42 Å². The zero-order valence-electron chi connectivity index (χ0n) is 22.0. The predicted octanol–water partition coefficient (Wildman–Crippen LogP) is 9.35. The molecule has 8 aromatic rings. The molecule has 0 saturated carbocycles. The molecule has 40 heavy (non-hydrogen) atoms. The summed E-state index contributed by atoms with van der Waals surface area (Å²) in [7, 11) is 2.04. The summed E-state index contributed by atoms with van der Waals surface area (Å²) in [5.41, 5.74) is 5.80. The second-order valence-corrected chi connectivity index (χ2v) is 11.4. The van der Waals surface area contributed by atoms with Crippen LogP contribution in [0.3, 0.4) is 0 Å². The van der Waals surface area contributed by atoms with Gasteiger partial charge in [0, 0.05) is 30.9 Å². The quantitative estimate of drug-likeness (QED) is 0.205. The molecule has 0 spiro atoms. The van der Waals surface area contributed by atoms with Crippen molar-refractivity contribution in [3.05, 3.63) is 121 Å². The minimum atomic E-state index is -0.288. The van der Waals surface area contributed by atoms with E-state index in [2.05, 4.69) is 89.1 Å². The van der Waals surface area contributed by atoms with Crippen molar-refractivity contribution in [2.75, 3.05) is 0 Å². The monoisotopic (exact) mass is 539 g/mol. The van der Waals surface area contributed by atoms with E-state index in [-0.39, 0.29) is 5.82 Å². The second-order valence-electron chi connectivity index (χ2n) is 10.3. The standard InChI is InChI=1S/C35H24FN2OS/c1-21-12-14-26-27-16-17-28(36)32(22-13-15-25-24-10-6-7-11-29(24)40-30(25)20-22)34(27)39-33(26)31(21)35-37(2)18-19-38(35)23-8-4-3-5-9-23/h3-20H,1-2H3/q+1. The lowest BCUT2D eigenvalue weighted by atomic mass is 9.99. The van der Waals surface area contributed by atoms with Crippen LogP contribution < -0.4 is 4.57 Å². The molecule has 0 saturated heterocycles. The van der Waals surface area contributed by atoms with Gasteiger partial charge in [0.25, 0.3) is 5.82 Å². The number of rotatable bonds is 3. The Morgan fingerprint density at radius 3 is 2.27 bits per heavy atom. The Morgan fingerprint density at radius 1 is 0.725 bits per heavy atom. The van der Waals surface area contributed by atoms with Crippen LogP contribution in [0.1, 0.15) is 5.56 Å². The van der Waals surface area contributed by atoms with Crippen molar-refractivity contribution in [1.29, 1.82) is 0 Å². The molecule has 0 aliphatic rings. The highest BCUT2D eigenvalue weighted by molar-refractivity contribution is 7.25. The first kappa shape index (κ1) is 23.2. The van der Waals surface area contributed by atoms with Crippen molar-refractivity contribution in [3.8, 4) is 28.2 Å². The molecular weight excluding hydrogens is 515 g/mol. The third-order valence-electron chi connectivity index (χ3n) is 7.89. The molecule has 0 atom stereocenters. The van der Waals surface area contributed by atoms with E-state index in [9.17, 15) is 0 Å². The van der Waals surface area contributed by atoms with Crippen molar-refractivity contribution in [3.63, 3.8) is 0 Å². The van der Waals surface area contributed by atoms with Crippen LogP contribution in [0, 0.1) is 12.7 Å². The first-order valence-electron chi connectivity index (χ1n) is 13.3. The Bertz CT molecular complexity index is 2260. The summed E-state index contributed by atoms with van der Waals surface area (Å²) in [4.78, 5) is 0. The summed E-state index contributed by atoms with van der Waals surface area (Å²) in [6, 6.07) is 32.5. The number of halogens is 1. The van der Waals surface area contributed by atoms with Crippen LogP contribution >= 0.6 is 11.3 Å². The Balaban J connectivity index is 1.41. The highest BCUT2D eigenvalue weighted by Crippen LogP contribution is 2.43.